The monoisotopic (exact) mass is 311 g/mol. The lowest BCUT2D eigenvalue weighted by Gasteiger charge is -2.18. The summed E-state index contributed by atoms with van der Waals surface area (Å²) in [4.78, 5) is 0. The maximum Gasteiger partial charge on any atom is 0.142 e. The number of rotatable bonds is 4. The van der Waals surface area contributed by atoms with Gasteiger partial charge in [-0.2, -0.15) is 0 Å². The van der Waals surface area contributed by atoms with Gasteiger partial charge in [-0.25, -0.2) is 4.39 Å². The highest BCUT2D eigenvalue weighted by Gasteiger charge is 2.12. The van der Waals surface area contributed by atoms with Crippen molar-refractivity contribution in [2.75, 3.05) is 7.05 Å². The van der Waals surface area contributed by atoms with E-state index in [2.05, 4.69) is 5.32 Å². The molecule has 0 bridgehead atoms. The third-order valence-corrected chi connectivity index (χ3v) is 4.08. The van der Waals surface area contributed by atoms with Crippen LogP contribution in [0.1, 0.15) is 22.7 Å². The van der Waals surface area contributed by atoms with Crippen molar-refractivity contribution in [3.8, 4) is 0 Å². The number of benzene rings is 2. The average Bonchev–Trinajstić information content (AvgIpc) is 2.43. The Morgan fingerprint density at radius 2 is 1.85 bits per heavy atom. The van der Waals surface area contributed by atoms with Crippen molar-refractivity contribution in [3.05, 3.63) is 69.0 Å². The van der Waals surface area contributed by atoms with Crippen LogP contribution in [-0.4, -0.2) is 7.05 Å². The van der Waals surface area contributed by atoms with E-state index in [0.29, 0.717) is 6.42 Å². The molecular formula is C16H16Cl2FN. The normalized spacial score (nSPS) is 12.4. The van der Waals surface area contributed by atoms with E-state index >= 15 is 0 Å². The molecule has 0 fully saturated rings. The van der Waals surface area contributed by atoms with E-state index in [9.17, 15) is 4.39 Å². The maximum atomic E-state index is 13.5. The fourth-order valence-corrected chi connectivity index (χ4v) is 2.42. The van der Waals surface area contributed by atoms with Gasteiger partial charge in [-0.1, -0.05) is 41.4 Å². The molecule has 2 rings (SSSR count). The van der Waals surface area contributed by atoms with E-state index in [4.69, 9.17) is 23.2 Å². The highest BCUT2D eigenvalue weighted by molar-refractivity contribution is 6.31. The Morgan fingerprint density at radius 3 is 2.45 bits per heavy atom. The Labute approximate surface area is 128 Å². The minimum Gasteiger partial charge on any atom is -0.313 e. The highest BCUT2D eigenvalue weighted by Crippen LogP contribution is 2.25. The van der Waals surface area contributed by atoms with Crippen molar-refractivity contribution in [1.82, 2.24) is 5.32 Å². The minimum absolute atomic E-state index is 0.0775. The van der Waals surface area contributed by atoms with E-state index in [1.807, 2.05) is 38.2 Å². The minimum atomic E-state index is -0.388. The molecule has 0 radical (unpaired) electrons. The van der Waals surface area contributed by atoms with Crippen molar-refractivity contribution in [3.63, 3.8) is 0 Å². The van der Waals surface area contributed by atoms with E-state index in [1.54, 1.807) is 6.07 Å². The van der Waals surface area contributed by atoms with E-state index in [1.165, 1.54) is 6.07 Å². The maximum absolute atomic E-state index is 13.5. The predicted molar refractivity (Wildman–Crippen MR) is 83.1 cm³/mol. The summed E-state index contributed by atoms with van der Waals surface area (Å²) in [7, 11) is 1.88. The Hall–Kier alpha value is -1.09. The summed E-state index contributed by atoms with van der Waals surface area (Å²) in [6.07, 6.45) is 0.671. The summed E-state index contributed by atoms with van der Waals surface area (Å²) in [5.74, 6) is -0.388. The van der Waals surface area contributed by atoms with Crippen LogP contribution in [0.3, 0.4) is 0 Å². The first kappa shape index (κ1) is 15.3. The lowest BCUT2D eigenvalue weighted by atomic mass is 9.98. The van der Waals surface area contributed by atoms with Crippen LogP contribution in [0.25, 0.3) is 0 Å². The molecule has 2 aromatic rings. The van der Waals surface area contributed by atoms with Crippen molar-refractivity contribution >= 4 is 23.2 Å². The highest BCUT2D eigenvalue weighted by atomic mass is 35.5. The van der Waals surface area contributed by atoms with Crippen LogP contribution in [-0.2, 0) is 6.42 Å². The van der Waals surface area contributed by atoms with Crippen molar-refractivity contribution in [2.24, 2.45) is 0 Å². The molecule has 0 amide bonds. The summed E-state index contributed by atoms with van der Waals surface area (Å²) < 4.78 is 13.5. The van der Waals surface area contributed by atoms with Crippen LogP contribution >= 0.6 is 23.2 Å². The second-order valence-electron chi connectivity index (χ2n) is 4.80. The Morgan fingerprint density at radius 1 is 1.10 bits per heavy atom. The molecule has 20 heavy (non-hydrogen) atoms. The zero-order chi connectivity index (χ0) is 14.7. The summed E-state index contributed by atoms with van der Waals surface area (Å²) in [6, 6.07) is 11.0. The zero-order valence-corrected chi connectivity index (χ0v) is 12.9. The molecule has 1 unspecified atom stereocenters. The SMILES string of the molecule is CNC(Cc1ccc(Cl)c(F)c1)c1ccc(C)c(Cl)c1. The van der Waals surface area contributed by atoms with E-state index < -0.39 is 0 Å². The molecule has 0 heterocycles. The molecule has 0 saturated carbocycles. The first-order valence-electron chi connectivity index (χ1n) is 6.38. The van der Waals surface area contributed by atoms with Gasteiger partial charge in [-0.05, 0) is 55.3 Å². The molecule has 0 spiro atoms. The quantitative estimate of drug-likeness (QED) is 0.843. The lowest BCUT2D eigenvalue weighted by molar-refractivity contribution is 0.584. The number of hydrogen-bond donors (Lipinski definition) is 1. The molecule has 1 atom stereocenters. The van der Waals surface area contributed by atoms with Gasteiger partial charge in [0, 0.05) is 11.1 Å². The third-order valence-electron chi connectivity index (χ3n) is 3.37. The van der Waals surface area contributed by atoms with E-state index in [0.717, 1.165) is 21.7 Å². The number of hydrogen-bond acceptors (Lipinski definition) is 1. The van der Waals surface area contributed by atoms with Crippen LogP contribution in [0, 0.1) is 12.7 Å². The van der Waals surface area contributed by atoms with Gasteiger partial charge in [0.15, 0.2) is 0 Å². The predicted octanol–water partition coefficient (Wildman–Crippen LogP) is 4.94. The van der Waals surface area contributed by atoms with Gasteiger partial charge in [0.2, 0.25) is 0 Å². The number of aryl methyl sites for hydroxylation is 1. The van der Waals surface area contributed by atoms with Gasteiger partial charge in [0.25, 0.3) is 0 Å². The summed E-state index contributed by atoms with van der Waals surface area (Å²) >= 11 is 11.9. The van der Waals surface area contributed by atoms with Crippen LogP contribution in [0.15, 0.2) is 36.4 Å². The summed E-state index contributed by atoms with van der Waals surface area (Å²) in [5.41, 5.74) is 3.02. The van der Waals surface area contributed by atoms with Crippen LogP contribution in [0.4, 0.5) is 4.39 Å². The molecule has 4 heteroatoms. The third kappa shape index (κ3) is 3.51. The van der Waals surface area contributed by atoms with Crippen LogP contribution in [0.5, 0.6) is 0 Å². The topological polar surface area (TPSA) is 12.0 Å². The molecule has 106 valence electrons. The largest absolute Gasteiger partial charge is 0.313 e. The van der Waals surface area contributed by atoms with Crippen LogP contribution in [0.2, 0.25) is 10.0 Å². The van der Waals surface area contributed by atoms with Gasteiger partial charge in [0.1, 0.15) is 5.82 Å². The van der Waals surface area contributed by atoms with Gasteiger partial charge < -0.3 is 5.32 Å². The second kappa shape index (κ2) is 6.57. The standard InChI is InChI=1S/C16H16Cl2FN/c1-10-3-5-12(9-14(10)18)16(20-2)8-11-4-6-13(17)15(19)7-11/h3-7,9,16,20H,8H2,1-2H3. The summed E-state index contributed by atoms with van der Waals surface area (Å²) in [5, 5.41) is 4.12. The first-order chi connectivity index (χ1) is 9.51. The molecule has 0 aliphatic heterocycles. The fraction of sp³-hybridized carbons (Fsp3) is 0.250. The van der Waals surface area contributed by atoms with Gasteiger partial charge in [0.05, 0.1) is 5.02 Å². The number of nitrogens with one attached hydrogen (secondary N) is 1. The zero-order valence-electron chi connectivity index (χ0n) is 11.4. The van der Waals surface area contributed by atoms with Crippen LogP contribution < -0.4 is 5.32 Å². The second-order valence-corrected chi connectivity index (χ2v) is 5.62. The Kier molecular flexibility index (Phi) is 5.03. The van der Waals surface area contributed by atoms with Gasteiger partial charge in [-0.3, -0.25) is 0 Å². The Bertz CT molecular complexity index is 613. The van der Waals surface area contributed by atoms with Crippen molar-refractivity contribution < 1.29 is 4.39 Å². The fourth-order valence-electron chi connectivity index (χ4n) is 2.11. The van der Waals surface area contributed by atoms with Gasteiger partial charge in [-0.15, -0.1) is 0 Å². The first-order valence-corrected chi connectivity index (χ1v) is 7.14. The Balaban J connectivity index is 2.23. The summed E-state index contributed by atoms with van der Waals surface area (Å²) in [6.45, 7) is 1.97. The average molecular weight is 312 g/mol. The molecule has 0 aliphatic rings. The van der Waals surface area contributed by atoms with Crippen molar-refractivity contribution in [2.45, 2.75) is 19.4 Å². The molecule has 0 saturated heterocycles. The van der Waals surface area contributed by atoms with Gasteiger partial charge >= 0.3 is 0 Å². The molecule has 2 aromatic carbocycles. The van der Waals surface area contributed by atoms with E-state index in [-0.39, 0.29) is 16.9 Å². The molecule has 0 aromatic heterocycles. The molecule has 0 aliphatic carbocycles. The molecule has 1 N–H and O–H groups in total. The van der Waals surface area contributed by atoms with Crippen molar-refractivity contribution in [1.29, 1.82) is 0 Å². The number of halogens is 3. The molecular weight excluding hydrogens is 296 g/mol. The number of likely N-dealkylation sites (N-methyl/N-ethyl adjacent to an activating group) is 1. The smallest absolute Gasteiger partial charge is 0.142 e. The molecule has 1 nitrogen and oxygen atoms in total. The lowest BCUT2D eigenvalue weighted by Crippen LogP contribution is -2.19.